The second-order valence-corrected chi connectivity index (χ2v) is 5.54. The van der Waals surface area contributed by atoms with Crippen LogP contribution in [-0.2, 0) is 0 Å². The molecule has 0 aliphatic rings. The molecule has 0 saturated carbocycles. The molecule has 0 saturated heterocycles. The summed E-state index contributed by atoms with van der Waals surface area (Å²) in [6, 6.07) is 4.06. The van der Waals surface area contributed by atoms with E-state index in [2.05, 4.69) is 17.2 Å². The van der Waals surface area contributed by atoms with E-state index in [0.717, 1.165) is 0 Å². The highest BCUT2D eigenvalue weighted by atomic mass is 19.1. The summed E-state index contributed by atoms with van der Waals surface area (Å²) in [5.41, 5.74) is 0.206. The van der Waals surface area contributed by atoms with Crippen LogP contribution in [-0.4, -0.2) is 48.7 Å². The minimum absolute atomic E-state index is 0.0469. The molecule has 0 aliphatic carbocycles. The van der Waals surface area contributed by atoms with E-state index in [1.165, 1.54) is 18.2 Å². The fraction of sp³-hybridized carbons (Fsp3) is 0.438. The lowest BCUT2D eigenvalue weighted by Gasteiger charge is -2.32. The SMILES string of the molecule is CN(C)C(C)(C)CNC(=O)c1cc(C#CCO)ccc1F. The Labute approximate surface area is 125 Å². The summed E-state index contributed by atoms with van der Waals surface area (Å²) >= 11 is 0. The van der Waals surface area contributed by atoms with Gasteiger partial charge in [0.15, 0.2) is 0 Å². The number of nitrogens with one attached hydrogen (secondary N) is 1. The molecule has 0 aromatic heterocycles. The van der Waals surface area contributed by atoms with E-state index in [1.807, 2.05) is 32.8 Å². The van der Waals surface area contributed by atoms with Crippen LogP contribution < -0.4 is 5.32 Å². The van der Waals surface area contributed by atoms with Gasteiger partial charge < -0.3 is 15.3 Å². The summed E-state index contributed by atoms with van der Waals surface area (Å²) in [6.07, 6.45) is 0. The molecule has 2 N–H and O–H groups in total. The normalized spacial score (nSPS) is 11.0. The van der Waals surface area contributed by atoms with Gasteiger partial charge in [-0.15, -0.1) is 0 Å². The number of aliphatic hydroxyl groups excluding tert-OH is 1. The van der Waals surface area contributed by atoms with Crippen molar-refractivity contribution in [1.82, 2.24) is 10.2 Å². The number of carbonyl (C=O) groups is 1. The molecule has 0 spiro atoms. The van der Waals surface area contributed by atoms with Gasteiger partial charge >= 0.3 is 0 Å². The number of amides is 1. The number of aliphatic hydroxyl groups is 1. The zero-order valence-corrected chi connectivity index (χ0v) is 12.8. The summed E-state index contributed by atoms with van der Waals surface area (Å²) in [5, 5.41) is 11.4. The Morgan fingerprint density at radius 3 is 2.67 bits per heavy atom. The van der Waals surface area contributed by atoms with Gasteiger partial charge in [-0.3, -0.25) is 4.79 Å². The maximum atomic E-state index is 13.8. The van der Waals surface area contributed by atoms with Gasteiger partial charge in [-0.2, -0.15) is 0 Å². The van der Waals surface area contributed by atoms with Crippen molar-refractivity contribution in [3.05, 3.63) is 35.1 Å². The Bertz CT molecular complexity index is 571. The van der Waals surface area contributed by atoms with Crippen LogP contribution in [0.3, 0.4) is 0 Å². The molecule has 1 amide bonds. The quantitative estimate of drug-likeness (QED) is 0.821. The lowest BCUT2D eigenvalue weighted by Crippen LogP contribution is -2.48. The summed E-state index contributed by atoms with van der Waals surface area (Å²) in [7, 11) is 3.83. The Hall–Kier alpha value is -1.90. The minimum Gasteiger partial charge on any atom is -0.384 e. The van der Waals surface area contributed by atoms with Crippen molar-refractivity contribution in [2.75, 3.05) is 27.2 Å². The molecule has 1 aromatic rings. The second-order valence-electron chi connectivity index (χ2n) is 5.54. The van der Waals surface area contributed by atoms with Crippen molar-refractivity contribution >= 4 is 5.91 Å². The zero-order valence-electron chi connectivity index (χ0n) is 12.8. The molecule has 0 fully saturated rings. The average Bonchev–Trinajstić information content (AvgIpc) is 2.43. The number of rotatable bonds is 4. The van der Waals surface area contributed by atoms with Gasteiger partial charge in [-0.1, -0.05) is 11.8 Å². The molecular formula is C16H21FN2O2. The first-order valence-corrected chi connectivity index (χ1v) is 6.63. The molecule has 1 rings (SSSR count). The maximum Gasteiger partial charge on any atom is 0.254 e. The molecule has 0 bridgehead atoms. The molecule has 0 radical (unpaired) electrons. The Balaban J connectivity index is 2.87. The van der Waals surface area contributed by atoms with E-state index in [-0.39, 0.29) is 17.7 Å². The summed E-state index contributed by atoms with van der Waals surface area (Å²) in [6.45, 7) is 4.07. The number of benzene rings is 1. The van der Waals surface area contributed by atoms with Crippen molar-refractivity contribution in [3.63, 3.8) is 0 Å². The summed E-state index contributed by atoms with van der Waals surface area (Å²) in [5.74, 6) is 4.05. The third-order valence-corrected chi connectivity index (χ3v) is 3.41. The highest BCUT2D eigenvalue weighted by Crippen LogP contribution is 2.12. The molecule has 0 atom stereocenters. The fourth-order valence-electron chi connectivity index (χ4n) is 1.47. The average molecular weight is 292 g/mol. The number of hydrogen-bond acceptors (Lipinski definition) is 3. The topological polar surface area (TPSA) is 52.6 Å². The maximum absolute atomic E-state index is 13.8. The van der Waals surface area contributed by atoms with Gasteiger partial charge in [-0.05, 0) is 46.1 Å². The van der Waals surface area contributed by atoms with E-state index in [4.69, 9.17) is 5.11 Å². The lowest BCUT2D eigenvalue weighted by molar-refractivity contribution is 0.0915. The number of carbonyl (C=O) groups excluding carboxylic acids is 1. The smallest absolute Gasteiger partial charge is 0.254 e. The van der Waals surface area contributed by atoms with Crippen LogP contribution in [0.25, 0.3) is 0 Å². The third-order valence-electron chi connectivity index (χ3n) is 3.41. The van der Waals surface area contributed by atoms with Crippen LogP contribution in [0.2, 0.25) is 0 Å². The number of halogens is 1. The Morgan fingerprint density at radius 2 is 2.10 bits per heavy atom. The van der Waals surface area contributed by atoms with Gasteiger partial charge in [0.2, 0.25) is 0 Å². The van der Waals surface area contributed by atoms with Crippen molar-refractivity contribution in [2.24, 2.45) is 0 Å². The molecule has 0 aliphatic heterocycles. The van der Waals surface area contributed by atoms with E-state index < -0.39 is 11.7 Å². The molecule has 4 nitrogen and oxygen atoms in total. The van der Waals surface area contributed by atoms with Crippen molar-refractivity contribution in [2.45, 2.75) is 19.4 Å². The second kappa shape index (κ2) is 7.21. The Kier molecular flexibility index (Phi) is 5.89. The third kappa shape index (κ3) is 4.85. The van der Waals surface area contributed by atoms with Crippen LogP contribution in [0, 0.1) is 17.7 Å². The van der Waals surface area contributed by atoms with E-state index in [1.54, 1.807) is 0 Å². The Morgan fingerprint density at radius 1 is 1.43 bits per heavy atom. The molecule has 5 heteroatoms. The van der Waals surface area contributed by atoms with Gasteiger partial charge in [0.05, 0.1) is 5.56 Å². The zero-order chi connectivity index (χ0) is 16.0. The first kappa shape index (κ1) is 17.2. The van der Waals surface area contributed by atoms with Crippen LogP contribution in [0.4, 0.5) is 4.39 Å². The predicted octanol–water partition coefficient (Wildman–Crippen LogP) is 1.24. The molecular weight excluding hydrogens is 271 g/mol. The van der Waals surface area contributed by atoms with Crippen molar-refractivity contribution in [1.29, 1.82) is 0 Å². The van der Waals surface area contributed by atoms with Crippen molar-refractivity contribution in [3.8, 4) is 11.8 Å². The molecule has 0 heterocycles. The van der Waals surface area contributed by atoms with E-state index in [0.29, 0.717) is 12.1 Å². The number of likely N-dealkylation sites (N-methyl/N-ethyl adjacent to an activating group) is 1. The monoisotopic (exact) mass is 292 g/mol. The summed E-state index contributed by atoms with van der Waals surface area (Å²) in [4.78, 5) is 14.1. The first-order chi connectivity index (χ1) is 9.77. The standard InChI is InChI=1S/C16H21FN2O2/c1-16(2,19(3)4)11-18-15(21)13-10-12(6-5-9-20)7-8-14(13)17/h7-8,10,20H,9,11H2,1-4H3,(H,18,21). The minimum atomic E-state index is -0.593. The van der Waals surface area contributed by atoms with E-state index in [9.17, 15) is 9.18 Å². The molecule has 1 aromatic carbocycles. The van der Waals surface area contributed by atoms with Gasteiger partial charge in [-0.25, -0.2) is 4.39 Å². The molecule has 21 heavy (non-hydrogen) atoms. The lowest BCUT2D eigenvalue weighted by atomic mass is 10.0. The fourth-order valence-corrected chi connectivity index (χ4v) is 1.47. The predicted molar refractivity (Wildman–Crippen MR) is 80.5 cm³/mol. The van der Waals surface area contributed by atoms with Crippen LogP contribution in [0.5, 0.6) is 0 Å². The summed E-state index contributed by atoms with van der Waals surface area (Å²) < 4.78 is 13.8. The number of nitrogens with zero attached hydrogens (tertiary/aromatic N) is 1. The largest absolute Gasteiger partial charge is 0.384 e. The molecule has 0 unspecified atom stereocenters. The van der Waals surface area contributed by atoms with E-state index >= 15 is 0 Å². The molecule has 114 valence electrons. The van der Waals surface area contributed by atoms with Crippen LogP contribution >= 0.6 is 0 Å². The first-order valence-electron chi connectivity index (χ1n) is 6.63. The highest BCUT2D eigenvalue weighted by Gasteiger charge is 2.22. The van der Waals surface area contributed by atoms with Gasteiger partial charge in [0.1, 0.15) is 12.4 Å². The van der Waals surface area contributed by atoms with Crippen LogP contribution in [0.15, 0.2) is 18.2 Å². The van der Waals surface area contributed by atoms with Crippen LogP contribution in [0.1, 0.15) is 29.8 Å². The number of hydrogen-bond donors (Lipinski definition) is 2. The van der Waals surface area contributed by atoms with Gasteiger partial charge in [0, 0.05) is 17.6 Å². The van der Waals surface area contributed by atoms with Gasteiger partial charge in [0.25, 0.3) is 5.91 Å². The highest BCUT2D eigenvalue weighted by molar-refractivity contribution is 5.94. The van der Waals surface area contributed by atoms with Crippen molar-refractivity contribution < 1.29 is 14.3 Å².